The molecule has 0 radical (unpaired) electrons. The van der Waals surface area contributed by atoms with E-state index in [-0.39, 0.29) is 0 Å². The largest absolute Gasteiger partial charge is 0.376 e. The van der Waals surface area contributed by atoms with Crippen molar-refractivity contribution < 1.29 is 4.74 Å². The van der Waals surface area contributed by atoms with E-state index in [0.29, 0.717) is 0 Å². The van der Waals surface area contributed by atoms with Gasteiger partial charge < -0.3 is 4.74 Å². The number of ether oxygens (including phenoxy) is 1. The molecule has 1 aromatic carbocycles. The zero-order valence-corrected chi connectivity index (χ0v) is 10.1. The van der Waals surface area contributed by atoms with Crippen LogP contribution in [0.15, 0.2) is 24.3 Å². The van der Waals surface area contributed by atoms with E-state index < -0.39 is 0 Å². The molecule has 2 heteroatoms. The predicted octanol–water partition coefficient (Wildman–Crippen LogP) is 3.41. The van der Waals surface area contributed by atoms with Crippen LogP contribution in [0.5, 0.6) is 0 Å². The summed E-state index contributed by atoms with van der Waals surface area (Å²) in [7, 11) is 0. The van der Waals surface area contributed by atoms with E-state index in [2.05, 4.69) is 43.0 Å². The van der Waals surface area contributed by atoms with Crippen LogP contribution >= 0.6 is 11.8 Å². The lowest BCUT2D eigenvalue weighted by molar-refractivity contribution is 0.121. The number of benzene rings is 1. The van der Waals surface area contributed by atoms with E-state index in [9.17, 15) is 0 Å². The van der Waals surface area contributed by atoms with Crippen molar-refractivity contribution in [1.82, 2.24) is 0 Å². The maximum absolute atomic E-state index is 5.72. The van der Waals surface area contributed by atoms with Gasteiger partial charge >= 0.3 is 0 Å². The Kier molecular flexibility index (Phi) is 4.09. The molecular formula is C13H18OS. The Balaban J connectivity index is 1.71. The van der Waals surface area contributed by atoms with Gasteiger partial charge in [0.05, 0.1) is 13.2 Å². The van der Waals surface area contributed by atoms with Gasteiger partial charge in [-0.15, -0.1) is 0 Å². The summed E-state index contributed by atoms with van der Waals surface area (Å²) in [5.74, 6) is 1.32. The van der Waals surface area contributed by atoms with Gasteiger partial charge in [0.1, 0.15) is 0 Å². The number of rotatable bonds is 4. The quantitative estimate of drug-likeness (QED) is 0.772. The van der Waals surface area contributed by atoms with Crippen molar-refractivity contribution >= 4 is 11.8 Å². The highest BCUT2D eigenvalue weighted by Gasteiger charge is 2.15. The molecule has 2 rings (SSSR count). The molecule has 82 valence electrons. The fourth-order valence-corrected chi connectivity index (χ4v) is 2.96. The topological polar surface area (TPSA) is 9.23 Å². The fraction of sp³-hybridized carbons (Fsp3) is 0.538. The molecule has 0 aliphatic carbocycles. The van der Waals surface area contributed by atoms with Gasteiger partial charge in [-0.2, -0.15) is 11.8 Å². The highest BCUT2D eigenvalue weighted by Crippen LogP contribution is 2.26. The van der Waals surface area contributed by atoms with Crippen LogP contribution < -0.4 is 0 Å². The molecule has 0 amide bonds. The monoisotopic (exact) mass is 222 g/mol. The molecule has 0 saturated carbocycles. The van der Waals surface area contributed by atoms with Gasteiger partial charge in [-0.25, -0.2) is 0 Å². The Morgan fingerprint density at radius 1 is 1.33 bits per heavy atom. The fourth-order valence-electron chi connectivity index (χ4n) is 1.77. The minimum absolute atomic E-state index is 0.746. The zero-order valence-electron chi connectivity index (χ0n) is 9.24. The molecule has 1 aliphatic heterocycles. The van der Waals surface area contributed by atoms with E-state index in [4.69, 9.17) is 4.74 Å². The maximum Gasteiger partial charge on any atom is 0.0717 e. The molecule has 0 aromatic heterocycles. The highest BCUT2D eigenvalue weighted by atomic mass is 32.2. The van der Waals surface area contributed by atoms with Crippen LogP contribution in [0, 0.1) is 6.92 Å². The highest BCUT2D eigenvalue weighted by molar-refractivity contribution is 8.00. The van der Waals surface area contributed by atoms with Gasteiger partial charge in [0, 0.05) is 5.25 Å². The first-order valence-electron chi connectivity index (χ1n) is 5.59. The number of hydrogen-bond acceptors (Lipinski definition) is 2. The first-order valence-corrected chi connectivity index (χ1v) is 6.64. The third-order valence-electron chi connectivity index (χ3n) is 2.72. The first-order chi connectivity index (χ1) is 7.34. The molecule has 1 aliphatic rings. The Morgan fingerprint density at radius 3 is 2.80 bits per heavy atom. The smallest absolute Gasteiger partial charge is 0.0717 e. The molecule has 0 spiro atoms. The zero-order chi connectivity index (χ0) is 10.5. The third kappa shape index (κ3) is 3.54. The third-order valence-corrected chi connectivity index (χ3v) is 4.08. The van der Waals surface area contributed by atoms with Crippen LogP contribution in [0.25, 0.3) is 0 Å². The van der Waals surface area contributed by atoms with Crippen molar-refractivity contribution in [2.24, 2.45) is 0 Å². The van der Waals surface area contributed by atoms with Gasteiger partial charge in [0.15, 0.2) is 0 Å². The van der Waals surface area contributed by atoms with Crippen LogP contribution in [-0.4, -0.2) is 17.6 Å². The molecule has 1 aromatic rings. The SMILES string of the molecule is Cc1ccc(COCC2CCCS2)cc1. The second-order valence-corrected chi connectivity index (χ2v) is 5.54. The van der Waals surface area contributed by atoms with Crippen molar-refractivity contribution in [1.29, 1.82) is 0 Å². The van der Waals surface area contributed by atoms with Crippen molar-refractivity contribution in [3.05, 3.63) is 35.4 Å². The van der Waals surface area contributed by atoms with E-state index in [1.54, 1.807) is 0 Å². The molecule has 1 atom stereocenters. The molecular weight excluding hydrogens is 204 g/mol. The Hall–Kier alpha value is -0.470. The lowest BCUT2D eigenvalue weighted by Crippen LogP contribution is -2.08. The summed E-state index contributed by atoms with van der Waals surface area (Å²) < 4.78 is 5.72. The number of aryl methyl sites for hydroxylation is 1. The van der Waals surface area contributed by atoms with E-state index in [1.165, 1.54) is 29.7 Å². The van der Waals surface area contributed by atoms with Crippen molar-refractivity contribution in [3.8, 4) is 0 Å². The lowest BCUT2D eigenvalue weighted by Gasteiger charge is -2.09. The standard InChI is InChI=1S/C13H18OS/c1-11-4-6-12(7-5-11)9-14-10-13-3-2-8-15-13/h4-7,13H,2-3,8-10H2,1H3. The van der Waals surface area contributed by atoms with Gasteiger partial charge in [-0.3, -0.25) is 0 Å². The van der Waals surface area contributed by atoms with Crippen molar-refractivity contribution in [2.75, 3.05) is 12.4 Å². The Labute approximate surface area is 96.2 Å². The van der Waals surface area contributed by atoms with Gasteiger partial charge in [-0.1, -0.05) is 29.8 Å². The summed E-state index contributed by atoms with van der Waals surface area (Å²) in [6, 6.07) is 8.58. The van der Waals surface area contributed by atoms with E-state index in [0.717, 1.165) is 18.5 Å². The Morgan fingerprint density at radius 2 is 2.13 bits per heavy atom. The van der Waals surface area contributed by atoms with E-state index >= 15 is 0 Å². The predicted molar refractivity (Wildman–Crippen MR) is 66.3 cm³/mol. The maximum atomic E-state index is 5.72. The first kappa shape index (κ1) is 11.0. The molecule has 15 heavy (non-hydrogen) atoms. The van der Waals surface area contributed by atoms with Gasteiger partial charge in [-0.05, 0) is 31.1 Å². The Bertz CT molecular complexity index is 288. The van der Waals surface area contributed by atoms with Crippen LogP contribution in [0.2, 0.25) is 0 Å². The van der Waals surface area contributed by atoms with Gasteiger partial charge in [0.25, 0.3) is 0 Å². The lowest BCUT2D eigenvalue weighted by atomic mass is 10.2. The molecule has 0 N–H and O–H groups in total. The summed E-state index contributed by atoms with van der Waals surface area (Å²) in [6.45, 7) is 3.79. The van der Waals surface area contributed by atoms with Crippen molar-refractivity contribution in [3.63, 3.8) is 0 Å². The second kappa shape index (κ2) is 5.57. The molecule has 1 nitrogen and oxygen atoms in total. The molecule has 1 heterocycles. The minimum atomic E-state index is 0.746. The summed E-state index contributed by atoms with van der Waals surface area (Å²) in [5, 5.41) is 0.746. The molecule has 1 saturated heterocycles. The average molecular weight is 222 g/mol. The summed E-state index contributed by atoms with van der Waals surface area (Å²) in [6.07, 6.45) is 2.70. The normalized spacial score (nSPS) is 20.7. The van der Waals surface area contributed by atoms with Gasteiger partial charge in [0.2, 0.25) is 0 Å². The van der Waals surface area contributed by atoms with E-state index in [1.807, 2.05) is 0 Å². The number of thioether (sulfide) groups is 1. The number of hydrogen-bond donors (Lipinski definition) is 0. The molecule has 0 bridgehead atoms. The van der Waals surface area contributed by atoms with Crippen LogP contribution in [-0.2, 0) is 11.3 Å². The minimum Gasteiger partial charge on any atom is -0.376 e. The van der Waals surface area contributed by atoms with Crippen LogP contribution in [0.1, 0.15) is 24.0 Å². The summed E-state index contributed by atoms with van der Waals surface area (Å²) in [4.78, 5) is 0. The van der Waals surface area contributed by atoms with Crippen LogP contribution in [0.3, 0.4) is 0 Å². The molecule has 1 fully saturated rings. The average Bonchev–Trinajstić information content (AvgIpc) is 2.74. The second-order valence-electron chi connectivity index (χ2n) is 4.14. The van der Waals surface area contributed by atoms with Crippen molar-refractivity contribution in [2.45, 2.75) is 31.6 Å². The van der Waals surface area contributed by atoms with Crippen LogP contribution in [0.4, 0.5) is 0 Å². The summed E-state index contributed by atoms with van der Waals surface area (Å²) >= 11 is 2.05. The summed E-state index contributed by atoms with van der Waals surface area (Å²) in [5.41, 5.74) is 2.59. The molecule has 1 unspecified atom stereocenters.